The van der Waals surface area contributed by atoms with Crippen molar-refractivity contribution in [2.24, 2.45) is 5.84 Å². The molecule has 100 valence electrons. The largest absolute Gasteiger partial charge is 0.369 e. The lowest BCUT2D eigenvalue weighted by atomic mass is 10.3. The topological polar surface area (TPSA) is 91.6 Å². The third kappa shape index (κ3) is 2.89. The van der Waals surface area contributed by atoms with Gasteiger partial charge in [-0.05, 0) is 6.07 Å². The van der Waals surface area contributed by atoms with E-state index in [1.54, 1.807) is 6.20 Å². The summed E-state index contributed by atoms with van der Waals surface area (Å²) in [7, 11) is -3.08. The van der Waals surface area contributed by atoms with Gasteiger partial charge in [-0.1, -0.05) is 0 Å². The average Bonchev–Trinajstić information content (AvgIpc) is 2.38. The number of pyridine rings is 1. The van der Waals surface area contributed by atoms with Gasteiger partial charge in [0.05, 0.1) is 6.26 Å². The van der Waals surface area contributed by atoms with Crippen molar-refractivity contribution in [3.8, 4) is 0 Å². The summed E-state index contributed by atoms with van der Waals surface area (Å²) in [6.07, 6.45) is 2.92. The molecule has 0 amide bonds. The van der Waals surface area contributed by atoms with Gasteiger partial charge in [0, 0.05) is 44.1 Å². The Hall–Kier alpha value is -1.38. The van der Waals surface area contributed by atoms with E-state index < -0.39 is 10.0 Å². The summed E-state index contributed by atoms with van der Waals surface area (Å²) < 4.78 is 24.3. The minimum absolute atomic E-state index is 0.506. The predicted octanol–water partition coefficient (Wildman–Crippen LogP) is -0.551. The lowest BCUT2D eigenvalue weighted by Crippen LogP contribution is -2.48. The maximum Gasteiger partial charge on any atom is 0.211 e. The third-order valence-electron chi connectivity index (χ3n) is 2.96. The van der Waals surface area contributed by atoms with Crippen molar-refractivity contribution in [2.45, 2.75) is 0 Å². The van der Waals surface area contributed by atoms with Crippen LogP contribution in [0.1, 0.15) is 0 Å². The van der Waals surface area contributed by atoms with Crippen LogP contribution in [0.2, 0.25) is 0 Å². The molecule has 0 unspecified atom stereocenters. The third-order valence-corrected chi connectivity index (χ3v) is 4.27. The Bertz CT molecular complexity index is 511. The quantitative estimate of drug-likeness (QED) is 0.566. The van der Waals surface area contributed by atoms with Crippen LogP contribution in [-0.4, -0.2) is 50.1 Å². The van der Waals surface area contributed by atoms with Crippen LogP contribution in [0.4, 0.5) is 11.5 Å². The highest BCUT2D eigenvalue weighted by Crippen LogP contribution is 2.19. The highest BCUT2D eigenvalue weighted by atomic mass is 32.2. The Labute approximate surface area is 107 Å². The van der Waals surface area contributed by atoms with Crippen molar-refractivity contribution in [2.75, 3.05) is 42.8 Å². The first kappa shape index (κ1) is 13.1. The second-order valence-corrected chi connectivity index (χ2v) is 6.18. The molecular formula is C10H17N5O2S. The zero-order valence-corrected chi connectivity index (χ0v) is 11.0. The number of nitrogen functional groups attached to an aromatic ring is 1. The molecule has 1 aromatic heterocycles. The fraction of sp³-hybridized carbons (Fsp3) is 0.500. The molecule has 0 bridgehead atoms. The molecule has 1 saturated heterocycles. The van der Waals surface area contributed by atoms with Crippen molar-refractivity contribution >= 4 is 21.5 Å². The molecule has 1 fully saturated rings. The first-order valence-corrected chi connectivity index (χ1v) is 7.48. The summed E-state index contributed by atoms with van der Waals surface area (Å²) in [5.41, 5.74) is 3.49. The van der Waals surface area contributed by atoms with Gasteiger partial charge in [0.2, 0.25) is 10.0 Å². The van der Waals surface area contributed by atoms with E-state index >= 15 is 0 Å². The lowest BCUT2D eigenvalue weighted by molar-refractivity contribution is 0.388. The molecule has 2 rings (SSSR count). The van der Waals surface area contributed by atoms with Gasteiger partial charge in [0.25, 0.3) is 0 Å². The summed E-state index contributed by atoms with van der Waals surface area (Å²) in [5.74, 6) is 5.90. The van der Waals surface area contributed by atoms with Gasteiger partial charge in [-0.15, -0.1) is 0 Å². The number of hydrogen-bond acceptors (Lipinski definition) is 6. The summed E-state index contributed by atoms with van der Waals surface area (Å²) in [6.45, 7) is 2.35. The Morgan fingerprint density at radius 3 is 2.56 bits per heavy atom. The highest BCUT2D eigenvalue weighted by molar-refractivity contribution is 7.88. The Morgan fingerprint density at radius 2 is 2.00 bits per heavy atom. The fourth-order valence-electron chi connectivity index (χ4n) is 1.97. The molecular weight excluding hydrogens is 254 g/mol. The van der Waals surface area contributed by atoms with Crippen molar-refractivity contribution in [1.29, 1.82) is 0 Å². The second-order valence-electron chi connectivity index (χ2n) is 4.19. The summed E-state index contributed by atoms with van der Waals surface area (Å²) >= 11 is 0. The van der Waals surface area contributed by atoms with Crippen molar-refractivity contribution in [3.05, 3.63) is 18.3 Å². The van der Waals surface area contributed by atoms with E-state index in [1.165, 1.54) is 10.6 Å². The van der Waals surface area contributed by atoms with Gasteiger partial charge in [0.1, 0.15) is 5.82 Å². The molecule has 0 spiro atoms. The zero-order chi connectivity index (χ0) is 13.2. The molecule has 0 aliphatic carbocycles. The number of nitrogens with zero attached hydrogens (tertiary/aromatic N) is 3. The van der Waals surface area contributed by atoms with E-state index in [-0.39, 0.29) is 0 Å². The number of hydrogen-bond donors (Lipinski definition) is 2. The molecule has 1 aliphatic rings. The van der Waals surface area contributed by atoms with E-state index in [0.29, 0.717) is 32.0 Å². The average molecular weight is 271 g/mol. The van der Waals surface area contributed by atoms with Gasteiger partial charge in [-0.2, -0.15) is 4.31 Å². The molecule has 1 aromatic rings. The predicted molar refractivity (Wildman–Crippen MR) is 70.7 cm³/mol. The van der Waals surface area contributed by atoms with Crippen LogP contribution in [0.3, 0.4) is 0 Å². The smallest absolute Gasteiger partial charge is 0.211 e. The van der Waals surface area contributed by atoms with Crippen LogP contribution in [-0.2, 0) is 10.0 Å². The van der Waals surface area contributed by atoms with Crippen LogP contribution in [0.15, 0.2) is 18.3 Å². The van der Waals surface area contributed by atoms with Crippen LogP contribution in [0.25, 0.3) is 0 Å². The van der Waals surface area contributed by atoms with Gasteiger partial charge in [-0.25, -0.2) is 19.2 Å². The number of anilines is 2. The number of sulfonamides is 1. The first-order chi connectivity index (χ1) is 8.50. The molecule has 0 radical (unpaired) electrons. The van der Waals surface area contributed by atoms with E-state index in [1.807, 2.05) is 12.1 Å². The lowest BCUT2D eigenvalue weighted by Gasteiger charge is -2.34. The van der Waals surface area contributed by atoms with Crippen molar-refractivity contribution in [1.82, 2.24) is 9.29 Å². The Balaban J connectivity index is 2.05. The highest BCUT2D eigenvalue weighted by Gasteiger charge is 2.23. The van der Waals surface area contributed by atoms with Crippen molar-refractivity contribution in [3.63, 3.8) is 0 Å². The van der Waals surface area contributed by atoms with E-state index in [2.05, 4.69) is 15.3 Å². The number of rotatable bonds is 3. The molecule has 2 heterocycles. The minimum atomic E-state index is -3.08. The van der Waals surface area contributed by atoms with Crippen LogP contribution in [0, 0.1) is 0 Å². The maximum absolute atomic E-state index is 11.4. The molecule has 0 aromatic carbocycles. The number of nitrogens with one attached hydrogen (secondary N) is 1. The zero-order valence-electron chi connectivity index (χ0n) is 10.2. The molecule has 3 N–H and O–H groups in total. The summed E-state index contributed by atoms with van der Waals surface area (Å²) in [4.78, 5) is 6.15. The first-order valence-electron chi connectivity index (χ1n) is 5.63. The van der Waals surface area contributed by atoms with Gasteiger partial charge >= 0.3 is 0 Å². The summed E-state index contributed by atoms with van der Waals surface area (Å²) in [6, 6.07) is 3.73. The van der Waals surface area contributed by atoms with E-state index in [9.17, 15) is 8.42 Å². The SMILES string of the molecule is CS(=O)(=O)N1CCN(c2ccnc(NN)c2)CC1. The van der Waals surface area contributed by atoms with E-state index in [4.69, 9.17) is 5.84 Å². The molecule has 18 heavy (non-hydrogen) atoms. The van der Waals surface area contributed by atoms with Gasteiger partial charge in [-0.3, -0.25) is 0 Å². The van der Waals surface area contributed by atoms with Gasteiger partial charge in [0.15, 0.2) is 0 Å². The Morgan fingerprint density at radius 1 is 1.33 bits per heavy atom. The van der Waals surface area contributed by atoms with Crippen LogP contribution < -0.4 is 16.2 Å². The molecule has 0 saturated carbocycles. The second kappa shape index (κ2) is 5.09. The number of nitrogens with two attached hydrogens (primary N) is 1. The minimum Gasteiger partial charge on any atom is -0.369 e. The molecule has 0 atom stereocenters. The number of aromatic nitrogens is 1. The standard InChI is InChI=1S/C10H17N5O2S/c1-18(16,17)15-6-4-14(5-7-15)9-2-3-12-10(8-9)13-11/h2-3,8H,4-7,11H2,1H3,(H,12,13). The molecule has 1 aliphatic heterocycles. The maximum atomic E-state index is 11.4. The van der Waals surface area contributed by atoms with Crippen LogP contribution >= 0.6 is 0 Å². The van der Waals surface area contributed by atoms with Crippen LogP contribution in [0.5, 0.6) is 0 Å². The normalized spacial score (nSPS) is 17.8. The monoisotopic (exact) mass is 271 g/mol. The number of piperazine rings is 1. The molecule has 8 heteroatoms. The fourth-order valence-corrected chi connectivity index (χ4v) is 2.80. The number of hydrazine groups is 1. The summed E-state index contributed by atoms with van der Waals surface area (Å²) in [5, 5.41) is 0. The van der Waals surface area contributed by atoms with Crippen molar-refractivity contribution < 1.29 is 8.42 Å². The molecule has 7 nitrogen and oxygen atoms in total. The van der Waals surface area contributed by atoms with E-state index in [0.717, 1.165) is 5.69 Å². The Kier molecular flexibility index (Phi) is 3.69. The van der Waals surface area contributed by atoms with Gasteiger partial charge < -0.3 is 10.3 Å².